The van der Waals surface area contributed by atoms with Crippen molar-refractivity contribution in [3.05, 3.63) is 119 Å². The Labute approximate surface area is 260 Å². The van der Waals surface area contributed by atoms with Crippen LogP contribution in [0.1, 0.15) is 42.1 Å². The van der Waals surface area contributed by atoms with Gasteiger partial charge in [0.1, 0.15) is 23.9 Å². The molecule has 228 valence electrons. The molecule has 1 amide bonds. The maximum atomic E-state index is 14.0. The molecular formula is C33H33FN4O5S. The van der Waals surface area contributed by atoms with Gasteiger partial charge in [0.15, 0.2) is 11.7 Å². The fraction of sp³-hybridized carbons (Fsp3) is 0.212. The Balaban J connectivity index is 1.39. The molecule has 4 rings (SSSR count). The van der Waals surface area contributed by atoms with Crippen molar-refractivity contribution in [3.8, 4) is 11.5 Å². The largest absolute Gasteiger partial charge is 0.489 e. The number of hydrazone groups is 1. The molecule has 11 heteroatoms. The number of halogens is 1. The monoisotopic (exact) mass is 616 g/mol. The molecule has 3 aromatic carbocycles. The summed E-state index contributed by atoms with van der Waals surface area (Å²) in [5, 5.41) is 10.5. The summed E-state index contributed by atoms with van der Waals surface area (Å²) >= 11 is 5.31. The molecule has 0 aliphatic carbocycles. The van der Waals surface area contributed by atoms with Gasteiger partial charge in [0, 0.05) is 16.8 Å². The second kappa shape index (κ2) is 15.4. The van der Waals surface area contributed by atoms with Crippen molar-refractivity contribution < 1.29 is 28.2 Å². The minimum absolute atomic E-state index is 0.0871. The van der Waals surface area contributed by atoms with Crippen LogP contribution < -0.4 is 25.5 Å². The van der Waals surface area contributed by atoms with Crippen molar-refractivity contribution in [1.82, 2.24) is 16.1 Å². The highest BCUT2D eigenvalue weighted by Gasteiger charge is 2.32. The van der Waals surface area contributed by atoms with Gasteiger partial charge in [-0.2, -0.15) is 5.10 Å². The molecule has 0 spiro atoms. The number of ether oxygens (including phenoxy) is 3. The van der Waals surface area contributed by atoms with Gasteiger partial charge in [0.05, 0.1) is 24.4 Å². The van der Waals surface area contributed by atoms with Crippen LogP contribution in [-0.2, 0) is 27.4 Å². The normalized spacial score (nSPS) is 14.4. The van der Waals surface area contributed by atoms with Gasteiger partial charge in [-0.1, -0.05) is 42.5 Å². The Morgan fingerprint density at radius 2 is 1.84 bits per heavy atom. The number of nitrogens with zero attached hydrogens (tertiary/aromatic N) is 1. The van der Waals surface area contributed by atoms with Gasteiger partial charge < -0.3 is 24.8 Å². The van der Waals surface area contributed by atoms with E-state index in [1.807, 2.05) is 6.07 Å². The second-order valence-corrected chi connectivity index (χ2v) is 10.1. The highest BCUT2D eigenvalue weighted by atomic mass is 32.1. The second-order valence-electron chi connectivity index (χ2n) is 9.65. The van der Waals surface area contributed by atoms with Crippen molar-refractivity contribution in [2.45, 2.75) is 32.9 Å². The SMILES string of the molecule is C=CCc1cc(C=NNC(=O)COc2ccccc2[C@@H]2NC(=S)NC(C)=C2C(=O)OCC)ccc1OCc1ccccc1F. The van der Waals surface area contributed by atoms with Gasteiger partial charge in [-0.3, -0.25) is 4.79 Å². The highest BCUT2D eigenvalue weighted by Crippen LogP contribution is 2.33. The van der Waals surface area contributed by atoms with Crippen molar-refractivity contribution in [3.63, 3.8) is 0 Å². The van der Waals surface area contributed by atoms with Crippen LogP contribution in [0, 0.1) is 5.82 Å². The standard InChI is InChI=1S/C33H33FN4O5S/c1-4-10-23-17-22(15-16-27(23)42-19-24-11-6-8-13-26(24)34)18-35-38-29(39)20-43-28-14-9-7-12-25(28)31-30(32(40)41-5-2)21(3)36-33(44)37-31/h4,6-9,11-18,31H,1,5,10,19-20H2,2-3H3,(H,38,39)(H2,36,37,44)/t31-/m0/s1. The number of rotatable bonds is 13. The number of nitrogens with one attached hydrogen (secondary N) is 3. The van der Waals surface area contributed by atoms with Crippen LogP contribution in [0.25, 0.3) is 0 Å². The zero-order valence-corrected chi connectivity index (χ0v) is 25.2. The van der Waals surface area contributed by atoms with Crippen molar-refractivity contribution in [1.29, 1.82) is 0 Å². The van der Waals surface area contributed by atoms with Gasteiger partial charge in [0.25, 0.3) is 5.91 Å². The summed E-state index contributed by atoms with van der Waals surface area (Å²) in [5.41, 5.74) is 6.02. The zero-order chi connectivity index (χ0) is 31.5. The van der Waals surface area contributed by atoms with Crippen LogP contribution in [0.15, 0.2) is 95.8 Å². The average molecular weight is 617 g/mol. The van der Waals surface area contributed by atoms with Crippen LogP contribution in [-0.4, -0.2) is 36.4 Å². The van der Waals surface area contributed by atoms with Crippen molar-refractivity contribution in [2.24, 2.45) is 5.10 Å². The van der Waals surface area contributed by atoms with E-state index in [0.29, 0.717) is 51.0 Å². The Morgan fingerprint density at radius 1 is 1.07 bits per heavy atom. The lowest BCUT2D eigenvalue weighted by Crippen LogP contribution is -2.45. The van der Waals surface area contributed by atoms with E-state index in [1.165, 1.54) is 12.3 Å². The number of amides is 1. The van der Waals surface area contributed by atoms with E-state index in [9.17, 15) is 14.0 Å². The van der Waals surface area contributed by atoms with Gasteiger partial charge >= 0.3 is 5.97 Å². The quantitative estimate of drug-likeness (QED) is 0.0808. The molecule has 1 aliphatic rings. The maximum Gasteiger partial charge on any atom is 0.338 e. The maximum absolute atomic E-state index is 14.0. The topological polar surface area (TPSA) is 110 Å². The molecule has 9 nitrogen and oxygen atoms in total. The summed E-state index contributed by atoms with van der Waals surface area (Å²) in [7, 11) is 0. The number of para-hydroxylation sites is 1. The van der Waals surface area contributed by atoms with E-state index in [-0.39, 0.29) is 25.6 Å². The first kappa shape index (κ1) is 31.9. The van der Waals surface area contributed by atoms with E-state index in [1.54, 1.807) is 74.5 Å². The summed E-state index contributed by atoms with van der Waals surface area (Å²) in [5.74, 6) is -0.311. The number of hydrogen-bond acceptors (Lipinski definition) is 7. The third-order valence-electron chi connectivity index (χ3n) is 6.55. The lowest BCUT2D eigenvalue weighted by atomic mass is 9.95. The fourth-order valence-corrected chi connectivity index (χ4v) is 4.79. The molecule has 0 fully saturated rings. The van der Waals surface area contributed by atoms with Gasteiger partial charge in [0.2, 0.25) is 0 Å². The molecule has 0 unspecified atom stereocenters. The van der Waals surface area contributed by atoms with E-state index in [4.69, 9.17) is 26.4 Å². The first-order valence-corrected chi connectivity index (χ1v) is 14.3. The number of carbonyl (C=O) groups excluding carboxylic acids is 2. The molecule has 3 aromatic rings. The summed E-state index contributed by atoms with van der Waals surface area (Å²) in [6.45, 7) is 7.25. The third-order valence-corrected chi connectivity index (χ3v) is 6.77. The number of thiocarbonyl (C=S) groups is 1. The Hall–Kier alpha value is -5.03. The fourth-order valence-electron chi connectivity index (χ4n) is 4.52. The first-order valence-electron chi connectivity index (χ1n) is 13.9. The molecular weight excluding hydrogens is 583 g/mol. The lowest BCUT2D eigenvalue weighted by Gasteiger charge is -2.30. The molecule has 0 saturated heterocycles. The summed E-state index contributed by atoms with van der Waals surface area (Å²) in [6.07, 6.45) is 3.76. The van der Waals surface area contributed by atoms with Crippen molar-refractivity contribution in [2.75, 3.05) is 13.2 Å². The van der Waals surface area contributed by atoms with Crippen molar-refractivity contribution >= 4 is 35.4 Å². The van der Waals surface area contributed by atoms with E-state index >= 15 is 0 Å². The molecule has 3 N–H and O–H groups in total. The predicted molar refractivity (Wildman–Crippen MR) is 170 cm³/mol. The number of allylic oxidation sites excluding steroid dienone is 2. The number of esters is 1. The van der Waals surface area contributed by atoms with E-state index in [2.05, 4.69) is 27.7 Å². The third kappa shape index (κ3) is 8.29. The number of carbonyl (C=O) groups is 2. The molecule has 0 aromatic heterocycles. The zero-order valence-electron chi connectivity index (χ0n) is 24.4. The molecule has 1 atom stereocenters. The minimum Gasteiger partial charge on any atom is -0.489 e. The van der Waals surface area contributed by atoms with Gasteiger partial charge in [-0.25, -0.2) is 14.6 Å². The minimum atomic E-state index is -0.636. The molecule has 0 saturated carbocycles. The lowest BCUT2D eigenvalue weighted by molar-refractivity contribution is -0.139. The average Bonchev–Trinajstić information content (AvgIpc) is 3.00. The molecule has 44 heavy (non-hydrogen) atoms. The van der Waals surface area contributed by atoms with Crippen LogP contribution in [0.2, 0.25) is 0 Å². The first-order chi connectivity index (χ1) is 21.3. The number of benzene rings is 3. The number of hydrogen-bond donors (Lipinski definition) is 3. The van der Waals surface area contributed by atoms with E-state index in [0.717, 1.165) is 5.56 Å². The Bertz CT molecular complexity index is 1610. The summed E-state index contributed by atoms with van der Waals surface area (Å²) in [4.78, 5) is 25.3. The molecule has 1 aliphatic heterocycles. The van der Waals surface area contributed by atoms with Crippen LogP contribution in [0.5, 0.6) is 11.5 Å². The molecule has 0 radical (unpaired) electrons. The molecule has 1 heterocycles. The summed E-state index contributed by atoms with van der Waals surface area (Å²) in [6, 6.07) is 18.3. The Morgan fingerprint density at radius 3 is 2.61 bits per heavy atom. The predicted octanol–water partition coefficient (Wildman–Crippen LogP) is 5.02. The van der Waals surface area contributed by atoms with Crippen LogP contribution in [0.4, 0.5) is 4.39 Å². The van der Waals surface area contributed by atoms with Crippen LogP contribution >= 0.6 is 12.2 Å². The summed E-state index contributed by atoms with van der Waals surface area (Å²) < 4.78 is 30.9. The van der Waals surface area contributed by atoms with Crippen LogP contribution in [0.3, 0.4) is 0 Å². The smallest absolute Gasteiger partial charge is 0.338 e. The Kier molecular flexibility index (Phi) is 11.2. The highest BCUT2D eigenvalue weighted by molar-refractivity contribution is 7.80. The molecule has 0 bridgehead atoms. The van der Waals surface area contributed by atoms with E-state index < -0.39 is 17.9 Å². The van der Waals surface area contributed by atoms with Gasteiger partial charge in [-0.15, -0.1) is 6.58 Å². The van der Waals surface area contributed by atoms with Gasteiger partial charge in [-0.05, 0) is 73.9 Å².